The van der Waals surface area contributed by atoms with Gasteiger partial charge in [-0.2, -0.15) is 11.3 Å². The number of ketones is 1. The number of carbonyl (C=O) groups is 2. The average Bonchev–Trinajstić information content (AvgIpc) is 3.11. The van der Waals surface area contributed by atoms with Crippen molar-refractivity contribution in [2.45, 2.75) is 25.7 Å². The molecule has 0 aliphatic heterocycles. The Hall–Kier alpha value is -2.20. The number of hydrogen-bond acceptors (Lipinski definition) is 4. The van der Waals surface area contributed by atoms with Crippen LogP contribution in [0.4, 0.5) is 0 Å². The van der Waals surface area contributed by atoms with Crippen LogP contribution >= 0.6 is 11.3 Å². The molecule has 0 unspecified atom stereocenters. The molecule has 1 aliphatic rings. The van der Waals surface area contributed by atoms with Crippen molar-refractivity contribution in [1.82, 2.24) is 0 Å². The van der Waals surface area contributed by atoms with Crippen LogP contribution in [-0.4, -0.2) is 18.4 Å². The monoisotopic (exact) mass is 326 g/mol. The fourth-order valence-electron chi connectivity index (χ4n) is 2.71. The molecule has 3 rings (SSSR count). The van der Waals surface area contributed by atoms with Gasteiger partial charge in [-0.05, 0) is 71.3 Å². The molecule has 0 atom stereocenters. The number of benzene rings is 1. The van der Waals surface area contributed by atoms with Crippen LogP contribution in [0.15, 0.2) is 41.1 Å². The van der Waals surface area contributed by atoms with Gasteiger partial charge in [0.05, 0.1) is 0 Å². The van der Waals surface area contributed by atoms with Crippen LogP contribution in [0.25, 0.3) is 6.08 Å². The van der Waals surface area contributed by atoms with Crippen LogP contribution in [0, 0.1) is 0 Å². The van der Waals surface area contributed by atoms with E-state index in [1.165, 1.54) is 30.0 Å². The number of thiophene rings is 1. The highest BCUT2D eigenvalue weighted by atomic mass is 32.1. The summed E-state index contributed by atoms with van der Waals surface area (Å²) in [6.07, 6.45) is 7.54. The first-order chi connectivity index (χ1) is 11.2. The summed E-state index contributed by atoms with van der Waals surface area (Å²) in [6.45, 7) is -0.217. The maximum Gasteiger partial charge on any atom is 0.331 e. The van der Waals surface area contributed by atoms with Gasteiger partial charge in [-0.3, -0.25) is 4.79 Å². The van der Waals surface area contributed by atoms with Gasteiger partial charge in [0.1, 0.15) is 0 Å². The molecule has 0 spiro atoms. The number of esters is 1. The average molecular weight is 326 g/mol. The fraction of sp³-hybridized carbons (Fsp3) is 0.263. The zero-order valence-corrected chi connectivity index (χ0v) is 13.6. The van der Waals surface area contributed by atoms with Gasteiger partial charge in [0.15, 0.2) is 12.4 Å². The fourth-order valence-corrected chi connectivity index (χ4v) is 3.34. The second-order valence-corrected chi connectivity index (χ2v) is 6.39. The number of ether oxygens (including phenoxy) is 1. The second-order valence-electron chi connectivity index (χ2n) is 5.61. The lowest BCUT2D eigenvalue weighted by atomic mass is 9.90. The minimum absolute atomic E-state index is 0.157. The van der Waals surface area contributed by atoms with Crippen LogP contribution in [0.2, 0.25) is 0 Å². The van der Waals surface area contributed by atoms with Crippen molar-refractivity contribution in [3.05, 3.63) is 63.4 Å². The van der Waals surface area contributed by atoms with Crippen LogP contribution in [-0.2, 0) is 22.4 Å². The van der Waals surface area contributed by atoms with Crippen molar-refractivity contribution in [3.63, 3.8) is 0 Å². The minimum atomic E-state index is -0.498. The largest absolute Gasteiger partial charge is 0.454 e. The molecular formula is C19H18O3S. The van der Waals surface area contributed by atoms with E-state index in [1.807, 2.05) is 35.0 Å². The smallest absolute Gasteiger partial charge is 0.331 e. The normalized spacial score (nSPS) is 13.7. The number of Topliss-reactive ketones (excluding diaryl/α,β-unsaturated/α-hetero) is 1. The number of rotatable bonds is 5. The van der Waals surface area contributed by atoms with E-state index in [4.69, 9.17) is 4.74 Å². The molecule has 4 heteroatoms. The number of carbonyl (C=O) groups excluding carboxylic acids is 2. The number of fused-ring (bicyclic) bond motifs is 1. The van der Waals surface area contributed by atoms with E-state index in [-0.39, 0.29) is 12.4 Å². The molecule has 1 aromatic carbocycles. The van der Waals surface area contributed by atoms with Crippen LogP contribution in [0.5, 0.6) is 0 Å². The predicted octanol–water partition coefficient (Wildman–Crippen LogP) is 4.07. The highest BCUT2D eigenvalue weighted by Crippen LogP contribution is 2.22. The molecule has 0 saturated carbocycles. The van der Waals surface area contributed by atoms with Gasteiger partial charge in [0.2, 0.25) is 0 Å². The third kappa shape index (κ3) is 4.17. The van der Waals surface area contributed by atoms with Gasteiger partial charge in [-0.25, -0.2) is 4.79 Å². The standard InChI is InChI=1S/C19H18O3S/c20-18(12-22-19(21)8-5-14-9-10-23-13-14)17-7-6-15-3-1-2-4-16(15)11-17/h5-11,13H,1-4,12H2/b8-5+. The zero-order chi connectivity index (χ0) is 16.1. The lowest BCUT2D eigenvalue weighted by Crippen LogP contribution is -2.13. The third-order valence-corrected chi connectivity index (χ3v) is 4.67. The highest BCUT2D eigenvalue weighted by Gasteiger charge is 2.13. The van der Waals surface area contributed by atoms with Gasteiger partial charge < -0.3 is 4.74 Å². The van der Waals surface area contributed by atoms with Gasteiger partial charge >= 0.3 is 5.97 Å². The van der Waals surface area contributed by atoms with E-state index in [0.29, 0.717) is 5.56 Å². The molecule has 0 amide bonds. The summed E-state index contributed by atoms with van der Waals surface area (Å²) in [7, 11) is 0. The molecule has 1 aromatic heterocycles. The van der Waals surface area contributed by atoms with Crippen LogP contribution in [0.3, 0.4) is 0 Å². The first-order valence-corrected chi connectivity index (χ1v) is 8.69. The van der Waals surface area contributed by atoms with E-state index in [1.54, 1.807) is 17.4 Å². The lowest BCUT2D eigenvalue weighted by molar-refractivity contribution is -0.136. The summed E-state index contributed by atoms with van der Waals surface area (Å²) in [5.41, 5.74) is 4.17. The van der Waals surface area contributed by atoms with Crippen molar-refractivity contribution in [1.29, 1.82) is 0 Å². The summed E-state index contributed by atoms with van der Waals surface area (Å²) in [4.78, 5) is 23.8. The molecule has 0 saturated heterocycles. The Kier molecular flexibility index (Phi) is 5.03. The molecular weight excluding hydrogens is 308 g/mol. The molecule has 0 N–H and O–H groups in total. The number of aryl methyl sites for hydroxylation is 2. The topological polar surface area (TPSA) is 43.4 Å². The van der Waals surface area contributed by atoms with Crippen molar-refractivity contribution in [2.24, 2.45) is 0 Å². The van der Waals surface area contributed by atoms with Crippen molar-refractivity contribution in [3.8, 4) is 0 Å². The maximum absolute atomic E-state index is 12.2. The van der Waals surface area contributed by atoms with Crippen molar-refractivity contribution < 1.29 is 14.3 Å². The third-order valence-electron chi connectivity index (χ3n) is 3.97. The Morgan fingerprint density at radius 2 is 1.96 bits per heavy atom. The van der Waals surface area contributed by atoms with E-state index >= 15 is 0 Å². The summed E-state index contributed by atoms with van der Waals surface area (Å²) in [5, 5.41) is 3.87. The molecule has 0 fully saturated rings. The van der Waals surface area contributed by atoms with Crippen LogP contribution in [0.1, 0.15) is 39.9 Å². The van der Waals surface area contributed by atoms with E-state index < -0.39 is 5.97 Å². The molecule has 0 radical (unpaired) electrons. The van der Waals surface area contributed by atoms with Gasteiger partial charge in [-0.15, -0.1) is 0 Å². The van der Waals surface area contributed by atoms with Gasteiger partial charge in [0, 0.05) is 11.6 Å². The SMILES string of the molecule is O=C(/C=C/c1ccsc1)OCC(=O)c1ccc2c(c1)CCCC2. The Morgan fingerprint density at radius 1 is 1.13 bits per heavy atom. The Morgan fingerprint density at radius 3 is 2.74 bits per heavy atom. The molecule has 3 nitrogen and oxygen atoms in total. The van der Waals surface area contributed by atoms with Crippen molar-refractivity contribution in [2.75, 3.05) is 6.61 Å². The van der Waals surface area contributed by atoms with Gasteiger partial charge in [0.25, 0.3) is 0 Å². The summed E-state index contributed by atoms with van der Waals surface area (Å²) >= 11 is 1.56. The zero-order valence-electron chi connectivity index (χ0n) is 12.8. The summed E-state index contributed by atoms with van der Waals surface area (Å²) in [5.74, 6) is -0.654. The van der Waals surface area contributed by atoms with E-state index in [2.05, 4.69) is 0 Å². The van der Waals surface area contributed by atoms with Gasteiger partial charge in [-0.1, -0.05) is 12.1 Å². The first kappa shape index (κ1) is 15.7. The van der Waals surface area contributed by atoms with Crippen LogP contribution < -0.4 is 0 Å². The summed E-state index contributed by atoms with van der Waals surface area (Å²) < 4.78 is 5.03. The molecule has 1 heterocycles. The predicted molar refractivity (Wildman–Crippen MR) is 91.7 cm³/mol. The molecule has 1 aliphatic carbocycles. The Balaban J connectivity index is 1.56. The molecule has 0 bridgehead atoms. The second kappa shape index (κ2) is 7.38. The van der Waals surface area contributed by atoms with E-state index in [9.17, 15) is 9.59 Å². The quantitative estimate of drug-likeness (QED) is 0.473. The molecule has 2 aromatic rings. The number of hydrogen-bond donors (Lipinski definition) is 0. The Bertz CT molecular complexity index is 729. The van der Waals surface area contributed by atoms with Crippen molar-refractivity contribution >= 4 is 29.2 Å². The highest BCUT2D eigenvalue weighted by molar-refractivity contribution is 7.08. The Labute approximate surface area is 139 Å². The molecule has 118 valence electrons. The van der Waals surface area contributed by atoms with E-state index in [0.717, 1.165) is 18.4 Å². The minimum Gasteiger partial charge on any atom is -0.454 e. The lowest BCUT2D eigenvalue weighted by Gasteiger charge is -2.16. The summed E-state index contributed by atoms with van der Waals surface area (Å²) in [6, 6.07) is 7.72. The maximum atomic E-state index is 12.2. The molecule has 23 heavy (non-hydrogen) atoms. The first-order valence-electron chi connectivity index (χ1n) is 7.74.